The van der Waals surface area contributed by atoms with Gasteiger partial charge in [0.2, 0.25) is 0 Å². The van der Waals surface area contributed by atoms with E-state index >= 15 is 0 Å². The van der Waals surface area contributed by atoms with Crippen LogP contribution in [0.1, 0.15) is 25.3 Å². The van der Waals surface area contributed by atoms with Gasteiger partial charge in [0.1, 0.15) is 21.5 Å². The van der Waals surface area contributed by atoms with Gasteiger partial charge in [-0.2, -0.15) is 0 Å². The molecule has 0 saturated carbocycles. The van der Waals surface area contributed by atoms with Gasteiger partial charge >= 0.3 is 0 Å². The molecule has 0 bridgehead atoms. The molecule has 0 aliphatic heterocycles. The predicted octanol–water partition coefficient (Wildman–Crippen LogP) is 2.31. The molecule has 0 fully saturated rings. The minimum atomic E-state index is -3.00. The van der Waals surface area contributed by atoms with Crippen LogP contribution in [0.3, 0.4) is 0 Å². The number of rotatable bonds is 8. The van der Waals surface area contributed by atoms with Crippen LogP contribution in [0.5, 0.6) is 0 Å². The molecule has 0 aliphatic carbocycles. The summed E-state index contributed by atoms with van der Waals surface area (Å²) in [5, 5.41) is 3.14. The van der Waals surface area contributed by atoms with E-state index in [1.54, 1.807) is 0 Å². The second-order valence-electron chi connectivity index (χ2n) is 4.93. The first-order valence-electron chi connectivity index (χ1n) is 6.67. The van der Waals surface area contributed by atoms with Crippen LogP contribution in [-0.2, 0) is 16.3 Å². The fourth-order valence-corrected chi connectivity index (χ4v) is 2.82. The van der Waals surface area contributed by atoms with Gasteiger partial charge in [0.05, 0.1) is 0 Å². The molecular weight excluding hydrogens is 284 g/mol. The third-order valence-corrected chi connectivity index (χ3v) is 4.10. The van der Waals surface area contributed by atoms with Gasteiger partial charge in [-0.15, -0.1) is 0 Å². The number of nitrogens with one attached hydrogen (secondary N) is 1. The fourth-order valence-electron chi connectivity index (χ4n) is 2.13. The summed E-state index contributed by atoms with van der Waals surface area (Å²) in [4.78, 5) is 0. The van der Waals surface area contributed by atoms with Gasteiger partial charge in [-0.25, -0.2) is 17.2 Å². The highest BCUT2D eigenvalue weighted by Gasteiger charge is 2.15. The summed E-state index contributed by atoms with van der Waals surface area (Å²) in [5.41, 5.74) is 0.0535. The van der Waals surface area contributed by atoms with Crippen LogP contribution < -0.4 is 5.32 Å². The van der Waals surface area contributed by atoms with Crippen molar-refractivity contribution in [3.63, 3.8) is 0 Å². The van der Waals surface area contributed by atoms with Gasteiger partial charge in [0.15, 0.2) is 0 Å². The lowest BCUT2D eigenvalue weighted by molar-refractivity contribution is 0.460. The Bertz CT molecular complexity index is 512. The van der Waals surface area contributed by atoms with E-state index in [9.17, 15) is 17.2 Å². The molecule has 0 amide bonds. The molecule has 0 aromatic heterocycles. The van der Waals surface area contributed by atoms with Crippen molar-refractivity contribution in [3.8, 4) is 0 Å². The third-order valence-electron chi connectivity index (χ3n) is 3.07. The van der Waals surface area contributed by atoms with Gasteiger partial charge in [0.25, 0.3) is 0 Å². The molecule has 0 saturated heterocycles. The minimum absolute atomic E-state index is 0.0535. The maximum Gasteiger partial charge on any atom is 0.147 e. The van der Waals surface area contributed by atoms with Crippen molar-refractivity contribution in [1.82, 2.24) is 5.32 Å². The summed E-state index contributed by atoms with van der Waals surface area (Å²) < 4.78 is 49.4. The lowest BCUT2D eigenvalue weighted by Gasteiger charge is -2.18. The molecule has 0 spiro atoms. The lowest BCUT2D eigenvalue weighted by atomic mass is 10.0. The third kappa shape index (κ3) is 5.96. The zero-order valence-electron chi connectivity index (χ0n) is 11.8. The lowest BCUT2D eigenvalue weighted by Crippen LogP contribution is -2.32. The predicted molar refractivity (Wildman–Crippen MR) is 76.5 cm³/mol. The van der Waals surface area contributed by atoms with Crippen molar-refractivity contribution in [2.24, 2.45) is 0 Å². The maximum atomic E-state index is 13.6. The van der Waals surface area contributed by atoms with Crippen molar-refractivity contribution in [2.45, 2.75) is 32.2 Å². The van der Waals surface area contributed by atoms with E-state index in [1.165, 1.54) is 24.5 Å². The first-order chi connectivity index (χ1) is 9.33. The largest absolute Gasteiger partial charge is 0.314 e. The Morgan fingerprint density at radius 1 is 1.25 bits per heavy atom. The number of likely N-dealkylation sites (N-methyl/N-ethyl adjacent to an activating group) is 1. The van der Waals surface area contributed by atoms with Crippen molar-refractivity contribution >= 4 is 9.84 Å². The molecule has 114 valence electrons. The number of hydrogen-bond acceptors (Lipinski definition) is 3. The van der Waals surface area contributed by atoms with Gasteiger partial charge in [0, 0.05) is 23.6 Å². The Kier molecular flexibility index (Phi) is 6.55. The van der Waals surface area contributed by atoms with E-state index in [0.29, 0.717) is 19.4 Å². The van der Waals surface area contributed by atoms with Crippen LogP contribution in [0.15, 0.2) is 18.2 Å². The van der Waals surface area contributed by atoms with Gasteiger partial charge in [-0.1, -0.05) is 13.0 Å². The zero-order chi connectivity index (χ0) is 15.2. The summed E-state index contributed by atoms with van der Waals surface area (Å²) in [7, 11) is -3.00. The summed E-state index contributed by atoms with van der Waals surface area (Å²) in [6.07, 6.45) is 2.45. The zero-order valence-corrected chi connectivity index (χ0v) is 12.6. The highest BCUT2D eigenvalue weighted by Crippen LogP contribution is 2.16. The number of sulfone groups is 1. The number of hydrogen-bond donors (Lipinski definition) is 1. The van der Waals surface area contributed by atoms with Crippen molar-refractivity contribution < 1.29 is 17.2 Å². The van der Waals surface area contributed by atoms with Gasteiger partial charge in [-0.3, -0.25) is 0 Å². The van der Waals surface area contributed by atoms with E-state index < -0.39 is 21.5 Å². The Morgan fingerprint density at radius 3 is 2.35 bits per heavy atom. The molecular formula is C14H21F2NO2S. The van der Waals surface area contributed by atoms with E-state index in [0.717, 1.165) is 0 Å². The number of halogens is 2. The summed E-state index contributed by atoms with van der Waals surface area (Å²) in [6, 6.07) is 3.67. The van der Waals surface area contributed by atoms with E-state index in [-0.39, 0.29) is 23.8 Å². The monoisotopic (exact) mass is 305 g/mol. The normalized spacial score (nSPS) is 13.4. The first-order valence-corrected chi connectivity index (χ1v) is 8.73. The van der Waals surface area contributed by atoms with Crippen molar-refractivity contribution in [3.05, 3.63) is 35.4 Å². The highest BCUT2D eigenvalue weighted by molar-refractivity contribution is 7.90. The molecule has 1 aromatic carbocycles. The molecule has 20 heavy (non-hydrogen) atoms. The van der Waals surface area contributed by atoms with Gasteiger partial charge in [-0.05, 0) is 37.9 Å². The van der Waals surface area contributed by atoms with Crippen LogP contribution in [0.25, 0.3) is 0 Å². The van der Waals surface area contributed by atoms with Crippen molar-refractivity contribution in [2.75, 3.05) is 18.6 Å². The van der Waals surface area contributed by atoms with Crippen LogP contribution in [0.2, 0.25) is 0 Å². The summed E-state index contributed by atoms with van der Waals surface area (Å²) in [6.45, 7) is 2.57. The topological polar surface area (TPSA) is 46.2 Å². The summed E-state index contributed by atoms with van der Waals surface area (Å²) >= 11 is 0. The van der Waals surface area contributed by atoms with E-state index in [1.807, 2.05) is 6.92 Å². The van der Waals surface area contributed by atoms with Crippen LogP contribution in [0.4, 0.5) is 8.78 Å². The average Bonchev–Trinajstić information content (AvgIpc) is 2.32. The Morgan fingerprint density at radius 2 is 1.85 bits per heavy atom. The molecule has 0 heterocycles. The van der Waals surface area contributed by atoms with Crippen molar-refractivity contribution in [1.29, 1.82) is 0 Å². The fraction of sp³-hybridized carbons (Fsp3) is 0.571. The molecule has 1 rings (SSSR count). The number of benzene rings is 1. The molecule has 3 nitrogen and oxygen atoms in total. The molecule has 0 radical (unpaired) electrons. The Balaban J connectivity index is 2.67. The Labute approximate surface area is 119 Å². The molecule has 1 atom stereocenters. The Hall–Kier alpha value is -1.01. The van der Waals surface area contributed by atoms with Crippen LogP contribution in [-0.4, -0.2) is 33.0 Å². The van der Waals surface area contributed by atoms with Crippen LogP contribution in [0, 0.1) is 11.6 Å². The summed E-state index contributed by atoms with van der Waals surface area (Å²) in [5.74, 6) is -1.03. The minimum Gasteiger partial charge on any atom is -0.314 e. The van der Waals surface area contributed by atoms with E-state index in [2.05, 4.69) is 5.32 Å². The molecule has 1 unspecified atom stereocenters. The quantitative estimate of drug-likeness (QED) is 0.801. The van der Waals surface area contributed by atoms with E-state index in [4.69, 9.17) is 0 Å². The van der Waals surface area contributed by atoms with Gasteiger partial charge < -0.3 is 5.32 Å². The SMILES string of the molecule is CCNC(CCCS(C)(=O)=O)Cc1c(F)cccc1F. The van der Waals surface area contributed by atoms with Crippen LogP contribution >= 0.6 is 0 Å². The molecule has 1 N–H and O–H groups in total. The first kappa shape index (κ1) is 17.0. The average molecular weight is 305 g/mol. The maximum absolute atomic E-state index is 13.6. The molecule has 0 aliphatic rings. The molecule has 6 heteroatoms. The highest BCUT2D eigenvalue weighted by atomic mass is 32.2. The standard InChI is InChI=1S/C14H21F2NO2S/c1-3-17-11(6-5-9-20(2,18)19)10-12-13(15)7-4-8-14(12)16/h4,7-8,11,17H,3,5-6,9-10H2,1-2H3. The second kappa shape index (κ2) is 7.69. The smallest absolute Gasteiger partial charge is 0.147 e. The molecule has 1 aromatic rings. The second-order valence-corrected chi connectivity index (χ2v) is 7.19.